The van der Waals surface area contributed by atoms with Crippen LogP contribution in [-0.4, -0.2) is 23.9 Å². The summed E-state index contributed by atoms with van der Waals surface area (Å²) in [6.07, 6.45) is 1.43. The topological polar surface area (TPSA) is 130 Å². The number of hydrogen-bond acceptors (Lipinski definition) is 5. The minimum atomic E-state index is -1.05. The Labute approximate surface area is 148 Å². The molecule has 4 N–H and O–H groups in total. The van der Waals surface area contributed by atoms with Crippen LogP contribution in [0.15, 0.2) is 16.2 Å². The number of rotatable bonds is 5. The number of urea groups is 2. The van der Waals surface area contributed by atoms with Gasteiger partial charge in [-0.3, -0.25) is 20.2 Å². The van der Waals surface area contributed by atoms with E-state index in [1.165, 1.54) is 19.1 Å². The van der Waals surface area contributed by atoms with Crippen molar-refractivity contribution in [3.63, 3.8) is 0 Å². The Hall–Kier alpha value is -3.17. The number of furan rings is 1. The SMILES string of the molecule is C/C(=C\c1cc(C2NC(=O)NC2=O)oc1CF)NC(=O)NC(=O)C(C)C. The highest BCUT2D eigenvalue weighted by Crippen LogP contribution is 2.25. The van der Waals surface area contributed by atoms with E-state index in [0.29, 0.717) is 11.3 Å². The lowest BCUT2D eigenvalue weighted by Gasteiger charge is -2.08. The van der Waals surface area contributed by atoms with E-state index in [9.17, 15) is 23.6 Å². The van der Waals surface area contributed by atoms with Crippen LogP contribution >= 0.6 is 0 Å². The Morgan fingerprint density at radius 2 is 2.04 bits per heavy atom. The molecule has 2 rings (SSSR count). The highest BCUT2D eigenvalue weighted by Gasteiger charge is 2.34. The largest absolute Gasteiger partial charge is 0.460 e. The van der Waals surface area contributed by atoms with Gasteiger partial charge in [0.2, 0.25) is 5.91 Å². The minimum Gasteiger partial charge on any atom is -0.460 e. The molecule has 1 saturated heterocycles. The number of alkyl halides is 1. The van der Waals surface area contributed by atoms with E-state index in [-0.39, 0.29) is 17.4 Å². The summed E-state index contributed by atoms with van der Waals surface area (Å²) < 4.78 is 18.5. The standard InChI is InChI=1S/C16H19FN4O5/c1-7(2)13(22)20-15(24)18-8(3)4-9-5-10(26-11(9)6-17)12-14(23)21-16(25)19-12/h4-5,7,12H,6H2,1-3H3,(H2,18,20,22,24)(H2,19,21,23,25)/b8-4+. The van der Waals surface area contributed by atoms with Crippen LogP contribution in [0.4, 0.5) is 14.0 Å². The quantitative estimate of drug-likeness (QED) is 0.587. The van der Waals surface area contributed by atoms with Crippen LogP contribution in [0.3, 0.4) is 0 Å². The first-order chi connectivity index (χ1) is 12.2. The zero-order valence-corrected chi connectivity index (χ0v) is 14.4. The van der Waals surface area contributed by atoms with E-state index in [4.69, 9.17) is 4.42 Å². The fourth-order valence-corrected chi connectivity index (χ4v) is 2.19. The average molecular weight is 366 g/mol. The third kappa shape index (κ3) is 4.47. The second kappa shape index (κ2) is 7.81. The molecule has 0 bridgehead atoms. The number of carbonyl (C=O) groups excluding carboxylic acids is 4. The summed E-state index contributed by atoms with van der Waals surface area (Å²) in [5.41, 5.74) is 0.616. The number of imide groups is 2. The molecule has 10 heteroatoms. The number of allylic oxidation sites excluding steroid dienone is 1. The lowest BCUT2D eigenvalue weighted by molar-refractivity contribution is -0.123. The van der Waals surface area contributed by atoms with E-state index < -0.39 is 36.6 Å². The van der Waals surface area contributed by atoms with Gasteiger partial charge in [-0.05, 0) is 19.1 Å². The van der Waals surface area contributed by atoms with Crippen molar-refractivity contribution in [1.29, 1.82) is 0 Å². The van der Waals surface area contributed by atoms with Crippen LogP contribution in [-0.2, 0) is 16.3 Å². The molecule has 0 aromatic carbocycles. The monoisotopic (exact) mass is 366 g/mol. The maximum Gasteiger partial charge on any atom is 0.325 e. The second-order valence-electron chi connectivity index (χ2n) is 5.98. The predicted octanol–water partition coefficient (Wildman–Crippen LogP) is 1.47. The molecule has 1 unspecified atom stereocenters. The molecular formula is C16H19FN4O5. The molecule has 0 aliphatic carbocycles. The van der Waals surface area contributed by atoms with Crippen molar-refractivity contribution in [3.8, 4) is 0 Å². The lowest BCUT2D eigenvalue weighted by atomic mass is 10.1. The molecule has 2 heterocycles. The summed E-state index contributed by atoms with van der Waals surface area (Å²) >= 11 is 0. The molecule has 26 heavy (non-hydrogen) atoms. The Balaban J connectivity index is 2.13. The summed E-state index contributed by atoms with van der Waals surface area (Å²) in [4.78, 5) is 46.0. The molecule has 1 aliphatic rings. The van der Waals surface area contributed by atoms with Crippen molar-refractivity contribution in [2.45, 2.75) is 33.5 Å². The molecule has 0 spiro atoms. The zero-order chi connectivity index (χ0) is 19.4. The first-order valence-electron chi connectivity index (χ1n) is 7.81. The molecule has 1 aliphatic heterocycles. The molecule has 1 aromatic rings. The number of halogens is 1. The lowest BCUT2D eigenvalue weighted by Crippen LogP contribution is -2.40. The van der Waals surface area contributed by atoms with Gasteiger partial charge >= 0.3 is 12.1 Å². The Morgan fingerprint density at radius 3 is 2.58 bits per heavy atom. The predicted molar refractivity (Wildman–Crippen MR) is 88.1 cm³/mol. The van der Waals surface area contributed by atoms with Gasteiger partial charge in [-0.1, -0.05) is 13.8 Å². The van der Waals surface area contributed by atoms with Crippen molar-refractivity contribution in [2.75, 3.05) is 0 Å². The van der Waals surface area contributed by atoms with Crippen molar-refractivity contribution in [2.24, 2.45) is 5.92 Å². The van der Waals surface area contributed by atoms with Crippen molar-refractivity contribution >= 4 is 30.0 Å². The van der Waals surface area contributed by atoms with Gasteiger partial charge in [-0.15, -0.1) is 0 Å². The van der Waals surface area contributed by atoms with Gasteiger partial charge in [-0.2, -0.15) is 0 Å². The van der Waals surface area contributed by atoms with Crippen LogP contribution < -0.4 is 21.3 Å². The van der Waals surface area contributed by atoms with Gasteiger partial charge in [0.1, 0.15) is 18.2 Å². The minimum absolute atomic E-state index is 0.0613. The first-order valence-corrected chi connectivity index (χ1v) is 7.81. The Bertz CT molecular complexity index is 784. The molecule has 1 atom stereocenters. The summed E-state index contributed by atoms with van der Waals surface area (Å²) in [6, 6.07) is -1.03. The first kappa shape index (κ1) is 19.2. The van der Waals surface area contributed by atoms with E-state index in [1.54, 1.807) is 13.8 Å². The van der Waals surface area contributed by atoms with E-state index in [1.807, 2.05) is 0 Å². The molecule has 0 saturated carbocycles. The third-order valence-corrected chi connectivity index (χ3v) is 3.48. The maximum absolute atomic E-state index is 13.2. The van der Waals surface area contributed by atoms with E-state index in [2.05, 4.69) is 21.3 Å². The van der Waals surface area contributed by atoms with Gasteiger partial charge in [0.05, 0.1) is 0 Å². The molecule has 1 aromatic heterocycles. The van der Waals surface area contributed by atoms with E-state index in [0.717, 1.165) is 0 Å². The van der Waals surface area contributed by atoms with Gasteiger partial charge in [-0.25, -0.2) is 14.0 Å². The van der Waals surface area contributed by atoms with Crippen LogP contribution in [0.5, 0.6) is 0 Å². The molecule has 140 valence electrons. The second-order valence-corrected chi connectivity index (χ2v) is 5.98. The molecule has 9 nitrogen and oxygen atoms in total. The normalized spacial score (nSPS) is 17.1. The van der Waals surface area contributed by atoms with Crippen LogP contribution in [0.2, 0.25) is 0 Å². The van der Waals surface area contributed by atoms with Crippen LogP contribution in [0.25, 0.3) is 6.08 Å². The summed E-state index contributed by atoms with van der Waals surface area (Å²) in [6.45, 7) is 3.88. The fraction of sp³-hybridized carbons (Fsp3) is 0.375. The molecule has 6 amide bonds. The van der Waals surface area contributed by atoms with Crippen molar-refractivity contribution in [3.05, 3.63) is 28.8 Å². The molecular weight excluding hydrogens is 347 g/mol. The number of amides is 6. The van der Waals surface area contributed by atoms with Crippen LogP contribution in [0.1, 0.15) is 43.9 Å². The highest BCUT2D eigenvalue weighted by molar-refractivity contribution is 6.04. The molecule has 1 fully saturated rings. The maximum atomic E-state index is 13.2. The highest BCUT2D eigenvalue weighted by atomic mass is 19.1. The summed E-state index contributed by atoms with van der Waals surface area (Å²) in [5.74, 6) is -1.39. The van der Waals surface area contributed by atoms with Gasteiger partial charge in [0.15, 0.2) is 6.04 Å². The summed E-state index contributed by atoms with van der Waals surface area (Å²) in [5, 5.41) is 8.99. The smallest absolute Gasteiger partial charge is 0.325 e. The van der Waals surface area contributed by atoms with Crippen LogP contribution in [0, 0.1) is 5.92 Å². The number of hydrogen-bond donors (Lipinski definition) is 4. The van der Waals surface area contributed by atoms with Gasteiger partial charge < -0.3 is 15.1 Å². The van der Waals surface area contributed by atoms with Crippen molar-refractivity contribution < 1.29 is 28.0 Å². The van der Waals surface area contributed by atoms with Gasteiger partial charge in [0, 0.05) is 17.2 Å². The molecule has 0 radical (unpaired) electrons. The summed E-state index contributed by atoms with van der Waals surface area (Å²) in [7, 11) is 0. The van der Waals surface area contributed by atoms with Crippen molar-refractivity contribution in [1.82, 2.24) is 21.3 Å². The fourth-order valence-electron chi connectivity index (χ4n) is 2.19. The van der Waals surface area contributed by atoms with Gasteiger partial charge in [0.25, 0.3) is 5.91 Å². The zero-order valence-electron chi connectivity index (χ0n) is 14.4. The number of carbonyl (C=O) groups is 4. The average Bonchev–Trinajstić information content (AvgIpc) is 3.09. The Morgan fingerprint density at radius 1 is 1.35 bits per heavy atom. The Kier molecular flexibility index (Phi) is 5.75. The number of nitrogens with one attached hydrogen (secondary N) is 4. The van der Waals surface area contributed by atoms with E-state index >= 15 is 0 Å². The third-order valence-electron chi connectivity index (χ3n) is 3.48.